The summed E-state index contributed by atoms with van der Waals surface area (Å²) in [7, 11) is 1.60. The van der Waals surface area contributed by atoms with E-state index in [0.717, 1.165) is 36.7 Å². The van der Waals surface area contributed by atoms with E-state index < -0.39 is 0 Å². The molecule has 0 heterocycles. The maximum atomic E-state index is 10.0. The number of methoxy groups -OCH3 is 1. The van der Waals surface area contributed by atoms with Gasteiger partial charge in [0.2, 0.25) is 0 Å². The summed E-state index contributed by atoms with van der Waals surface area (Å²) in [6.07, 6.45) is 9.62. The van der Waals surface area contributed by atoms with Crippen molar-refractivity contribution in [3.05, 3.63) is 46.5 Å². The third-order valence-electron chi connectivity index (χ3n) is 5.62. The lowest BCUT2D eigenvalue weighted by Crippen LogP contribution is -2.15. The number of ether oxygens (including phenoxy) is 1. The van der Waals surface area contributed by atoms with Crippen LogP contribution in [0.1, 0.15) is 47.9 Å². The molecule has 2 aromatic rings. The van der Waals surface area contributed by atoms with Gasteiger partial charge in [-0.1, -0.05) is 18.2 Å². The Labute approximate surface area is 146 Å². The fourth-order valence-electron chi connectivity index (χ4n) is 4.46. The molecule has 0 radical (unpaired) electrons. The van der Waals surface area contributed by atoms with E-state index in [1.54, 1.807) is 7.11 Å². The normalized spacial score (nSPS) is 16.9. The summed E-state index contributed by atoms with van der Waals surface area (Å²) in [6.45, 7) is 0. The highest BCUT2D eigenvalue weighted by Crippen LogP contribution is 2.42. The fourth-order valence-corrected chi connectivity index (χ4v) is 5.00. The average Bonchev–Trinajstić information content (AvgIpc) is 2.66. The van der Waals surface area contributed by atoms with Crippen LogP contribution < -0.4 is 10.0 Å². The lowest BCUT2D eigenvalue weighted by molar-refractivity contribution is 0.415. The van der Waals surface area contributed by atoms with Crippen LogP contribution in [0, 0.1) is 0 Å². The predicted molar refractivity (Wildman–Crippen MR) is 102 cm³/mol. The van der Waals surface area contributed by atoms with Crippen LogP contribution in [0.15, 0.2) is 24.3 Å². The van der Waals surface area contributed by atoms with E-state index in [1.165, 1.54) is 59.1 Å². The zero-order valence-corrected chi connectivity index (χ0v) is 15.3. The van der Waals surface area contributed by atoms with Gasteiger partial charge in [-0.25, -0.2) is 0 Å². The van der Waals surface area contributed by atoms with E-state index in [2.05, 4.69) is 24.3 Å². The second-order valence-corrected chi connectivity index (χ2v) is 7.69. The third kappa shape index (κ3) is 2.66. The van der Waals surface area contributed by atoms with E-state index in [0.29, 0.717) is 0 Å². The number of fused-ring (bicyclic) bond motifs is 2. The first-order valence-electron chi connectivity index (χ1n) is 9.07. The first-order chi connectivity index (χ1) is 11.8. The van der Waals surface area contributed by atoms with Gasteiger partial charge in [0.1, 0.15) is 5.75 Å². The second kappa shape index (κ2) is 6.86. The number of rotatable bonds is 3. The van der Waals surface area contributed by atoms with Gasteiger partial charge in [-0.05, 0) is 85.3 Å². The predicted octanol–water partition coefficient (Wildman–Crippen LogP) is 4.33. The van der Waals surface area contributed by atoms with Crippen molar-refractivity contribution in [3.8, 4) is 16.9 Å². The van der Waals surface area contributed by atoms with Gasteiger partial charge < -0.3 is 9.63 Å². The smallest absolute Gasteiger partial charge is 0.127 e. The van der Waals surface area contributed by atoms with Crippen LogP contribution in [0.5, 0.6) is 5.75 Å². The van der Waals surface area contributed by atoms with E-state index in [4.69, 9.17) is 4.74 Å². The van der Waals surface area contributed by atoms with Gasteiger partial charge in [0.05, 0.1) is 7.11 Å². The third-order valence-corrected chi connectivity index (χ3v) is 6.28. The molecule has 126 valence electrons. The molecule has 24 heavy (non-hydrogen) atoms. The highest BCUT2D eigenvalue weighted by Gasteiger charge is 2.25. The summed E-state index contributed by atoms with van der Waals surface area (Å²) in [5.74, 6) is 0.967. The van der Waals surface area contributed by atoms with Crippen molar-refractivity contribution < 1.29 is 9.63 Å². The summed E-state index contributed by atoms with van der Waals surface area (Å²) in [6, 6.07) is 8.75. The molecule has 1 unspecified atom stereocenters. The maximum absolute atomic E-state index is 10.0. The van der Waals surface area contributed by atoms with E-state index >= 15 is 0 Å². The largest absolute Gasteiger partial charge is 0.496 e. The maximum Gasteiger partial charge on any atom is 0.127 e. The summed E-state index contributed by atoms with van der Waals surface area (Å²) < 4.78 is 5.78. The summed E-state index contributed by atoms with van der Waals surface area (Å²) >= 11 is 0. The number of hydrogen-bond acceptors (Lipinski definition) is 2. The van der Waals surface area contributed by atoms with Gasteiger partial charge in [0, 0.05) is 19.7 Å². The summed E-state index contributed by atoms with van der Waals surface area (Å²) in [4.78, 5) is 10.0. The van der Waals surface area contributed by atoms with Crippen LogP contribution >= 0.6 is 8.81 Å². The number of aryl methyl sites for hydroxylation is 2. The molecular formula is C21H25O2P. The molecule has 0 saturated carbocycles. The Morgan fingerprint density at radius 1 is 0.792 bits per heavy atom. The first kappa shape index (κ1) is 16.1. The van der Waals surface area contributed by atoms with Crippen molar-refractivity contribution in [1.29, 1.82) is 0 Å². The lowest BCUT2D eigenvalue weighted by Gasteiger charge is -2.27. The molecule has 1 N–H and O–H groups in total. The Morgan fingerprint density at radius 3 is 2.00 bits per heavy atom. The fraction of sp³-hybridized carbons (Fsp3) is 0.429. The van der Waals surface area contributed by atoms with Crippen LogP contribution in [0.25, 0.3) is 11.1 Å². The van der Waals surface area contributed by atoms with Crippen LogP contribution in [0.3, 0.4) is 0 Å². The molecule has 0 saturated heterocycles. The quantitative estimate of drug-likeness (QED) is 0.843. The van der Waals surface area contributed by atoms with Gasteiger partial charge in [-0.3, -0.25) is 0 Å². The van der Waals surface area contributed by atoms with Crippen LogP contribution in [0.4, 0.5) is 0 Å². The van der Waals surface area contributed by atoms with E-state index in [-0.39, 0.29) is 8.81 Å². The van der Waals surface area contributed by atoms with Gasteiger partial charge in [0.15, 0.2) is 0 Å². The van der Waals surface area contributed by atoms with Crippen LogP contribution in [-0.2, 0) is 25.7 Å². The molecule has 3 heteroatoms. The minimum atomic E-state index is -0.169. The molecule has 2 aromatic carbocycles. The van der Waals surface area contributed by atoms with Gasteiger partial charge >= 0.3 is 0 Å². The Hall–Kier alpha value is -1.37. The molecule has 2 aliphatic carbocycles. The topological polar surface area (TPSA) is 29.5 Å². The monoisotopic (exact) mass is 340 g/mol. The summed E-state index contributed by atoms with van der Waals surface area (Å²) in [5.41, 5.74) is 8.40. The SMILES string of the molecule is COc1ccc2c(c1-c1c(PO)ccc3c1CCCC3)CCCC2. The van der Waals surface area contributed by atoms with E-state index in [9.17, 15) is 4.89 Å². The van der Waals surface area contributed by atoms with Gasteiger partial charge in [-0.2, -0.15) is 0 Å². The average molecular weight is 340 g/mol. The highest BCUT2D eigenvalue weighted by atomic mass is 31.1. The Kier molecular flexibility index (Phi) is 4.61. The van der Waals surface area contributed by atoms with Crippen molar-refractivity contribution in [2.24, 2.45) is 0 Å². The van der Waals surface area contributed by atoms with Gasteiger partial charge in [-0.15, -0.1) is 0 Å². The molecule has 2 aliphatic rings. The summed E-state index contributed by atoms with van der Waals surface area (Å²) in [5, 5.41) is 1.08. The highest BCUT2D eigenvalue weighted by molar-refractivity contribution is 7.41. The Bertz CT molecular complexity index is 701. The molecule has 0 bridgehead atoms. The molecule has 0 amide bonds. The molecule has 0 aromatic heterocycles. The molecule has 1 atom stereocenters. The zero-order valence-electron chi connectivity index (χ0n) is 14.3. The molecule has 0 spiro atoms. The second-order valence-electron chi connectivity index (χ2n) is 6.93. The van der Waals surface area contributed by atoms with Crippen molar-refractivity contribution in [2.75, 3.05) is 7.11 Å². The van der Waals surface area contributed by atoms with Crippen LogP contribution in [0.2, 0.25) is 0 Å². The minimum absolute atomic E-state index is 0.169. The standard InChI is InChI=1S/C21H25O2P/c1-23-18-12-10-14-6-2-4-8-16(14)20(18)21-17-9-5-3-7-15(17)11-13-19(21)24-22/h10-13,22,24H,2-9H2,1H3. The molecule has 4 rings (SSSR count). The Morgan fingerprint density at radius 2 is 1.38 bits per heavy atom. The molecule has 0 aliphatic heterocycles. The van der Waals surface area contributed by atoms with Gasteiger partial charge in [0.25, 0.3) is 0 Å². The zero-order chi connectivity index (χ0) is 16.5. The molecule has 2 nitrogen and oxygen atoms in total. The molecule has 0 fully saturated rings. The lowest BCUT2D eigenvalue weighted by atomic mass is 9.80. The van der Waals surface area contributed by atoms with Crippen molar-refractivity contribution >= 4 is 14.1 Å². The minimum Gasteiger partial charge on any atom is -0.496 e. The first-order valence-corrected chi connectivity index (χ1v) is 10.0. The van der Waals surface area contributed by atoms with Crippen LogP contribution in [-0.4, -0.2) is 12.0 Å². The van der Waals surface area contributed by atoms with Crippen molar-refractivity contribution in [2.45, 2.75) is 51.4 Å². The number of hydrogen-bond donors (Lipinski definition) is 1. The Balaban J connectivity index is 2.02. The molecular weight excluding hydrogens is 315 g/mol. The number of benzene rings is 2. The van der Waals surface area contributed by atoms with Crippen molar-refractivity contribution in [3.63, 3.8) is 0 Å². The van der Waals surface area contributed by atoms with Crippen molar-refractivity contribution in [1.82, 2.24) is 0 Å². The van der Waals surface area contributed by atoms with E-state index in [1.807, 2.05) is 0 Å².